The molecular weight excluding hydrogens is 342 g/mol. The van der Waals surface area contributed by atoms with E-state index in [0.717, 1.165) is 44.3 Å². The maximum absolute atomic E-state index is 4.30. The third-order valence-corrected chi connectivity index (χ3v) is 4.80. The second-order valence-corrected chi connectivity index (χ2v) is 6.86. The van der Waals surface area contributed by atoms with Crippen LogP contribution in [0.5, 0.6) is 0 Å². The molecule has 1 aromatic carbocycles. The summed E-state index contributed by atoms with van der Waals surface area (Å²) in [6.45, 7) is 4.72. The topological polar surface area (TPSA) is 61.3 Å². The van der Waals surface area contributed by atoms with Gasteiger partial charge in [-0.3, -0.25) is 4.99 Å². The van der Waals surface area contributed by atoms with Crippen molar-refractivity contribution in [3.63, 3.8) is 0 Å². The van der Waals surface area contributed by atoms with E-state index < -0.39 is 0 Å². The number of thioether (sulfide) groups is 1. The van der Waals surface area contributed by atoms with Crippen molar-refractivity contribution in [3.05, 3.63) is 53.7 Å². The van der Waals surface area contributed by atoms with E-state index >= 15 is 0 Å². The fourth-order valence-corrected chi connectivity index (χ4v) is 3.24. The lowest BCUT2D eigenvalue weighted by molar-refractivity contribution is 0.710. The molecule has 2 rings (SSSR count). The van der Waals surface area contributed by atoms with Gasteiger partial charge in [0.1, 0.15) is 5.82 Å². The fraction of sp³-hybridized carbons (Fsp3) is 0.400. The Bertz CT molecular complexity index is 688. The molecule has 26 heavy (non-hydrogen) atoms. The van der Waals surface area contributed by atoms with Gasteiger partial charge in [-0.25, -0.2) is 4.98 Å². The van der Waals surface area contributed by atoms with Gasteiger partial charge >= 0.3 is 0 Å². The average molecular weight is 372 g/mol. The Labute approximate surface area is 161 Å². The highest BCUT2D eigenvalue weighted by Gasteiger charge is 2.03. The minimum atomic E-state index is 0.775. The van der Waals surface area contributed by atoms with Gasteiger partial charge in [0.15, 0.2) is 5.96 Å². The first-order valence-electron chi connectivity index (χ1n) is 8.96. The zero-order valence-electron chi connectivity index (χ0n) is 15.9. The van der Waals surface area contributed by atoms with Crippen LogP contribution in [0.2, 0.25) is 0 Å². The third-order valence-electron chi connectivity index (χ3n) is 3.98. The van der Waals surface area contributed by atoms with Crippen LogP contribution in [0.15, 0.2) is 52.5 Å². The van der Waals surface area contributed by atoms with Crippen LogP contribution in [0, 0.1) is 6.92 Å². The largest absolute Gasteiger partial charge is 0.370 e. The Morgan fingerprint density at radius 3 is 2.69 bits per heavy atom. The molecule has 6 heteroatoms. The molecule has 0 aliphatic rings. The molecule has 0 atom stereocenters. The third kappa shape index (κ3) is 6.96. The Morgan fingerprint density at radius 2 is 1.96 bits per heavy atom. The summed E-state index contributed by atoms with van der Waals surface area (Å²) in [5, 5.41) is 10.1. The van der Waals surface area contributed by atoms with E-state index in [1.807, 2.05) is 25.2 Å². The van der Waals surface area contributed by atoms with E-state index in [1.165, 1.54) is 16.0 Å². The Balaban J connectivity index is 1.65. The molecule has 0 fully saturated rings. The predicted octanol–water partition coefficient (Wildman–Crippen LogP) is 3.67. The molecule has 0 aliphatic heterocycles. The molecule has 0 saturated carbocycles. The van der Waals surface area contributed by atoms with Crippen molar-refractivity contribution >= 4 is 23.5 Å². The van der Waals surface area contributed by atoms with E-state index in [0.29, 0.717) is 0 Å². The van der Waals surface area contributed by atoms with Crippen molar-refractivity contribution in [1.29, 1.82) is 0 Å². The zero-order valence-corrected chi connectivity index (χ0v) is 16.7. The number of aliphatic imine (C=N–C) groups is 1. The molecule has 0 amide bonds. The monoisotopic (exact) mass is 371 g/mol. The SMILES string of the molecule is CN=C(NCCCCNc1ccccn1)NCc1ccc(C)cc1SC. The second-order valence-electron chi connectivity index (χ2n) is 6.02. The molecule has 5 nitrogen and oxygen atoms in total. The quantitative estimate of drug-likeness (QED) is 0.272. The maximum atomic E-state index is 4.30. The van der Waals surface area contributed by atoms with Crippen LogP contribution in [-0.2, 0) is 6.54 Å². The van der Waals surface area contributed by atoms with Crippen LogP contribution >= 0.6 is 11.8 Å². The second kappa shape index (κ2) is 11.4. The summed E-state index contributed by atoms with van der Waals surface area (Å²) in [5.74, 6) is 1.77. The van der Waals surface area contributed by atoms with Gasteiger partial charge in [0.05, 0.1) is 0 Å². The van der Waals surface area contributed by atoms with Crippen LogP contribution < -0.4 is 16.0 Å². The molecule has 0 bridgehead atoms. The zero-order chi connectivity index (χ0) is 18.6. The van der Waals surface area contributed by atoms with Gasteiger partial charge in [0, 0.05) is 37.8 Å². The smallest absolute Gasteiger partial charge is 0.191 e. The molecule has 0 saturated heterocycles. The lowest BCUT2D eigenvalue weighted by Gasteiger charge is -2.14. The average Bonchev–Trinajstić information content (AvgIpc) is 2.68. The Hall–Kier alpha value is -2.21. The molecule has 0 spiro atoms. The maximum Gasteiger partial charge on any atom is 0.191 e. The van der Waals surface area contributed by atoms with Gasteiger partial charge in [-0.1, -0.05) is 18.2 Å². The minimum Gasteiger partial charge on any atom is -0.370 e. The number of benzene rings is 1. The van der Waals surface area contributed by atoms with Crippen LogP contribution in [-0.4, -0.2) is 37.3 Å². The van der Waals surface area contributed by atoms with E-state index in [1.54, 1.807) is 18.0 Å². The molecule has 0 aliphatic carbocycles. The van der Waals surface area contributed by atoms with Crippen molar-refractivity contribution in [3.8, 4) is 0 Å². The van der Waals surface area contributed by atoms with Crippen LogP contribution in [0.25, 0.3) is 0 Å². The van der Waals surface area contributed by atoms with E-state index in [2.05, 4.69) is 57.3 Å². The number of unbranched alkanes of at least 4 members (excludes halogenated alkanes) is 1. The molecular formula is C20H29N5S. The van der Waals surface area contributed by atoms with E-state index in [-0.39, 0.29) is 0 Å². The van der Waals surface area contributed by atoms with Crippen LogP contribution in [0.3, 0.4) is 0 Å². The number of hydrogen-bond donors (Lipinski definition) is 3. The van der Waals surface area contributed by atoms with Crippen molar-refractivity contribution in [2.45, 2.75) is 31.2 Å². The number of rotatable bonds is 9. The van der Waals surface area contributed by atoms with Crippen molar-refractivity contribution in [2.24, 2.45) is 4.99 Å². The van der Waals surface area contributed by atoms with Crippen LogP contribution in [0.1, 0.15) is 24.0 Å². The van der Waals surface area contributed by atoms with Gasteiger partial charge in [-0.15, -0.1) is 11.8 Å². The number of nitrogens with zero attached hydrogens (tertiary/aromatic N) is 2. The first-order chi connectivity index (χ1) is 12.7. The van der Waals surface area contributed by atoms with Crippen molar-refractivity contribution in [2.75, 3.05) is 31.7 Å². The standard InChI is InChI=1S/C20H29N5S/c1-16-9-10-17(18(14-16)26-3)15-25-20(21-2)24-13-7-6-12-23-19-8-4-5-11-22-19/h4-5,8-11,14H,6-7,12-13,15H2,1-3H3,(H,22,23)(H2,21,24,25). The summed E-state index contributed by atoms with van der Waals surface area (Å²) in [6, 6.07) is 12.5. The number of pyridine rings is 1. The first kappa shape index (κ1) is 20.1. The summed E-state index contributed by atoms with van der Waals surface area (Å²) < 4.78 is 0. The number of aryl methyl sites for hydroxylation is 1. The highest BCUT2D eigenvalue weighted by molar-refractivity contribution is 7.98. The molecule has 3 N–H and O–H groups in total. The molecule has 0 radical (unpaired) electrons. The van der Waals surface area contributed by atoms with Crippen molar-refractivity contribution in [1.82, 2.24) is 15.6 Å². The Morgan fingerprint density at radius 1 is 1.12 bits per heavy atom. The Kier molecular flexibility index (Phi) is 8.83. The summed E-state index contributed by atoms with van der Waals surface area (Å²) in [7, 11) is 1.81. The fourth-order valence-electron chi connectivity index (χ4n) is 2.54. The highest BCUT2D eigenvalue weighted by Crippen LogP contribution is 2.21. The van der Waals surface area contributed by atoms with Crippen LogP contribution in [0.4, 0.5) is 5.82 Å². The highest BCUT2D eigenvalue weighted by atomic mass is 32.2. The first-order valence-corrected chi connectivity index (χ1v) is 10.2. The van der Waals surface area contributed by atoms with Gasteiger partial charge < -0.3 is 16.0 Å². The molecule has 0 unspecified atom stereocenters. The minimum absolute atomic E-state index is 0.775. The molecule has 1 heterocycles. The number of anilines is 1. The number of aromatic nitrogens is 1. The summed E-state index contributed by atoms with van der Waals surface area (Å²) in [4.78, 5) is 9.87. The summed E-state index contributed by atoms with van der Waals surface area (Å²) >= 11 is 1.78. The number of guanidine groups is 1. The van der Waals surface area contributed by atoms with Gasteiger partial charge in [0.25, 0.3) is 0 Å². The van der Waals surface area contributed by atoms with E-state index in [4.69, 9.17) is 0 Å². The van der Waals surface area contributed by atoms with Gasteiger partial charge in [-0.2, -0.15) is 0 Å². The lowest BCUT2D eigenvalue weighted by Crippen LogP contribution is -2.37. The molecule has 2 aromatic rings. The summed E-state index contributed by atoms with van der Waals surface area (Å²) in [6.07, 6.45) is 6.07. The van der Waals surface area contributed by atoms with E-state index in [9.17, 15) is 0 Å². The normalized spacial score (nSPS) is 11.3. The van der Waals surface area contributed by atoms with Gasteiger partial charge in [0.2, 0.25) is 0 Å². The number of nitrogens with one attached hydrogen (secondary N) is 3. The van der Waals surface area contributed by atoms with Crippen molar-refractivity contribution < 1.29 is 0 Å². The van der Waals surface area contributed by atoms with Gasteiger partial charge in [-0.05, 0) is 55.3 Å². The molecule has 140 valence electrons. The lowest BCUT2D eigenvalue weighted by atomic mass is 10.1. The summed E-state index contributed by atoms with van der Waals surface area (Å²) in [5.41, 5.74) is 2.59. The number of hydrogen-bond acceptors (Lipinski definition) is 4. The predicted molar refractivity (Wildman–Crippen MR) is 113 cm³/mol. The molecule has 1 aromatic heterocycles.